The molecule has 1 aromatic heterocycles. The largest absolute Gasteiger partial charge is 0.495 e. The Hall–Kier alpha value is -3.06. The Kier molecular flexibility index (Phi) is 5.09. The number of fused-ring (bicyclic) bond motifs is 1. The molecule has 0 radical (unpaired) electrons. The van der Waals surface area contributed by atoms with Crippen LogP contribution in [0.5, 0.6) is 5.75 Å². The van der Waals surface area contributed by atoms with Crippen molar-refractivity contribution in [2.75, 3.05) is 12.4 Å². The van der Waals surface area contributed by atoms with Crippen LogP contribution < -0.4 is 10.1 Å². The first-order chi connectivity index (χ1) is 12.5. The minimum Gasteiger partial charge on any atom is -0.495 e. The molecule has 1 atom stereocenters. The number of ether oxygens (including phenoxy) is 2. The Morgan fingerprint density at radius 1 is 1.23 bits per heavy atom. The van der Waals surface area contributed by atoms with Gasteiger partial charge in [-0.2, -0.15) is 0 Å². The van der Waals surface area contributed by atoms with Gasteiger partial charge in [0, 0.05) is 5.02 Å². The van der Waals surface area contributed by atoms with Crippen molar-refractivity contribution in [3.05, 3.63) is 53.4 Å². The zero-order chi connectivity index (χ0) is 18.7. The summed E-state index contributed by atoms with van der Waals surface area (Å²) in [5.41, 5.74) is 1.73. The van der Waals surface area contributed by atoms with E-state index in [9.17, 15) is 9.59 Å². The molecule has 0 saturated heterocycles. The van der Waals surface area contributed by atoms with Gasteiger partial charge in [-0.05, 0) is 43.3 Å². The molecule has 0 aliphatic heterocycles. The number of hydrogen-bond acceptors (Lipinski definition) is 6. The number of halogens is 1. The molecule has 1 unspecified atom stereocenters. The van der Waals surface area contributed by atoms with E-state index in [4.69, 9.17) is 25.5 Å². The zero-order valence-corrected chi connectivity index (χ0v) is 14.7. The fraction of sp³-hybridized carbons (Fsp3) is 0.167. The van der Waals surface area contributed by atoms with Gasteiger partial charge in [-0.25, -0.2) is 9.78 Å². The van der Waals surface area contributed by atoms with E-state index in [1.54, 1.807) is 30.3 Å². The fourth-order valence-corrected chi connectivity index (χ4v) is 2.45. The van der Waals surface area contributed by atoms with E-state index in [-0.39, 0.29) is 5.56 Å². The van der Waals surface area contributed by atoms with Crippen molar-refractivity contribution >= 4 is 40.3 Å². The number of methoxy groups -OCH3 is 1. The SMILES string of the molecule is COc1ccc(Cl)cc1NC(=O)C(C)OC(=O)c1ccc2ncoc2c1. The summed E-state index contributed by atoms with van der Waals surface area (Å²) in [5, 5.41) is 3.07. The Morgan fingerprint density at radius 3 is 2.81 bits per heavy atom. The van der Waals surface area contributed by atoms with E-state index in [0.717, 1.165) is 0 Å². The number of hydrogen-bond donors (Lipinski definition) is 1. The van der Waals surface area contributed by atoms with Crippen LogP contribution in [0.1, 0.15) is 17.3 Å². The molecule has 2 aromatic carbocycles. The van der Waals surface area contributed by atoms with Crippen LogP contribution in [0.4, 0.5) is 5.69 Å². The molecule has 1 heterocycles. The summed E-state index contributed by atoms with van der Waals surface area (Å²) in [5.74, 6) is -0.722. The highest BCUT2D eigenvalue weighted by Gasteiger charge is 2.21. The van der Waals surface area contributed by atoms with E-state index < -0.39 is 18.0 Å². The molecule has 3 rings (SSSR count). The second-order valence-electron chi connectivity index (χ2n) is 5.42. The molecule has 26 heavy (non-hydrogen) atoms. The number of esters is 1. The van der Waals surface area contributed by atoms with Crippen molar-refractivity contribution < 1.29 is 23.5 Å². The highest BCUT2D eigenvalue weighted by molar-refractivity contribution is 6.31. The van der Waals surface area contributed by atoms with E-state index in [2.05, 4.69) is 10.3 Å². The summed E-state index contributed by atoms with van der Waals surface area (Å²) in [7, 11) is 1.47. The van der Waals surface area contributed by atoms with E-state index in [0.29, 0.717) is 27.6 Å². The second kappa shape index (κ2) is 7.45. The first-order valence-electron chi connectivity index (χ1n) is 7.66. The Morgan fingerprint density at radius 2 is 2.04 bits per heavy atom. The number of nitrogens with one attached hydrogen (secondary N) is 1. The van der Waals surface area contributed by atoms with Crippen LogP contribution in [0, 0.1) is 0 Å². The molecule has 0 spiro atoms. The van der Waals surface area contributed by atoms with Crippen LogP contribution in [0.25, 0.3) is 11.1 Å². The van der Waals surface area contributed by atoms with Crippen LogP contribution in [-0.4, -0.2) is 30.1 Å². The van der Waals surface area contributed by atoms with E-state index in [1.807, 2.05) is 0 Å². The molecular formula is C18H15ClN2O5. The highest BCUT2D eigenvalue weighted by Crippen LogP contribution is 2.28. The molecule has 7 nitrogen and oxygen atoms in total. The van der Waals surface area contributed by atoms with Gasteiger partial charge in [0.25, 0.3) is 5.91 Å². The quantitative estimate of drug-likeness (QED) is 0.685. The summed E-state index contributed by atoms with van der Waals surface area (Å²) in [4.78, 5) is 28.5. The van der Waals surface area contributed by atoms with E-state index >= 15 is 0 Å². The lowest BCUT2D eigenvalue weighted by molar-refractivity contribution is -0.123. The molecule has 0 bridgehead atoms. The maximum Gasteiger partial charge on any atom is 0.339 e. The first-order valence-corrected chi connectivity index (χ1v) is 8.04. The standard InChI is InChI=1S/C18H15ClN2O5/c1-10(17(22)21-14-8-12(19)4-6-15(14)24-2)26-18(23)11-3-5-13-16(7-11)25-9-20-13/h3-10H,1-2H3,(H,21,22). The van der Waals surface area contributed by atoms with Crippen molar-refractivity contribution in [3.8, 4) is 5.75 Å². The van der Waals surface area contributed by atoms with Gasteiger partial charge in [0.15, 0.2) is 18.1 Å². The third-order valence-corrected chi connectivity index (χ3v) is 3.87. The summed E-state index contributed by atoms with van der Waals surface area (Å²) in [6.07, 6.45) is 0.255. The van der Waals surface area contributed by atoms with Crippen molar-refractivity contribution in [2.24, 2.45) is 0 Å². The predicted octanol–water partition coefficient (Wildman–Crippen LogP) is 3.67. The van der Waals surface area contributed by atoms with Crippen LogP contribution in [0.2, 0.25) is 5.02 Å². The molecule has 134 valence electrons. The normalized spacial score (nSPS) is 11.8. The van der Waals surface area contributed by atoms with Crippen LogP contribution in [0.15, 0.2) is 47.2 Å². The number of oxazole rings is 1. The summed E-state index contributed by atoms with van der Waals surface area (Å²) >= 11 is 5.93. The fourth-order valence-electron chi connectivity index (χ4n) is 2.28. The van der Waals surface area contributed by atoms with Crippen LogP contribution >= 0.6 is 11.6 Å². The molecule has 0 fully saturated rings. The number of carbonyl (C=O) groups is 2. The number of aromatic nitrogens is 1. The van der Waals surface area contributed by atoms with Gasteiger partial charge >= 0.3 is 5.97 Å². The minimum atomic E-state index is -1.03. The van der Waals surface area contributed by atoms with Gasteiger partial charge in [-0.15, -0.1) is 0 Å². The lowest BCUT2D eigenvalue weighted by atomic mass is 10.2. The number of carbonyl (C=O) groups excluding carboxylic acids is 2. The Bertz CT molecular complexity index is 969. The number of amides is 1. The monoisotopic (exact) mass is 374 g/mol. The maximum absolute atomic E-state index is 12.3. The lowest BCUT2D eigenvalue weighted by Crippen LogP contribution is -2.30. The topological polar surface area (TPSA) is 90.7 Å². The number of anilines is 1. The molecule has 0 aliphatic carbocycles. The summed E-state index contributed by atoms with van der Waals surface area (Å²) in [6, 6.07) is 9.51. The number of nitrogens with zero attached hydrogens (tertiary/aromatic N) is 1. The average Bonchev–Trinajstić information content (AvgIpc) is 3.09. The van der Waals surface area contributed by atoms with Gasteiger partial charge in [0.2, 0.25) is 0 Å². The zero-order valence-electron chi connectivity index (χ0n) is 14.0. The third-order valence-electron chi connectivity index (χ3n) is 3.64. The molecule has 1 N–H and O–H groups in total. The smallest absolute Gasteiger partial charge is 0.339 e. The van der Waals surface area contributed by atoms with Gasteiger partial charge in [0.05, 0.1) is 18.4 Å². The van der Waals surface area contributed by atoms with Gasteiger partial charge in [0.1, 0.15) is 11.3 Å². The average molecular weight is 375 g/mol. The molecule has 3 aromatic rings. The van der Waals surface area contributed by atoms with Gasteiger partial charge < -0.3 is 19.2 Å². The predicted molar refractivity (Wildman–Crippen MR) is 95.5 cm³/mol. The highest BCUT2D eigenvalue weighted by atomic mass is 35.5. The summed E-state index contributed by atoms with van der Waals surface area (Å²) < 4.78 is 15.5. The Labute approximate surface area is 153 Å². The lowest BCUT2D eigenvalue weighted by Gasteiger charge is -2.15. The van der Waals surface area contributed by atoms with Crippen molar-refractivity contribution in [1.29, 1.82) is 0 Å². The van der Waals surface area contributed by atoms with Gasteiger partial charge in [-0.1, -0.05) is 11.6 Å². The maximum atomic E-state index is 12.3. The molecule has 8 heteroatoms. The molecule has 0 saturated carbocycles. The minimum absolute atomic E-state index is 0.259. The van der Waals surface area contributed by atoms with E-state index in [1.165, 1.54) is 26.5 Å². The van der Waals surface area contributed by atoms with Crippen molar-refractivity contribution in [3.63, 3.8) is 0 Å². The Balaban J connectivity index is 1.68. The molecule has 0 aliphatic rings. The molecule has 1 amide bonds. The number of rotatable bonds is 5. The third kappa shape index (κ3) is 3.78. The summed E-state index contributed by atoms with van der Waals surface area (Å²) in [6.45, 7) is 1.47. The second-order valence-corrected chi connectivity index (χ2v) is 5.85. The molecular weight excluding hydrogens is 360 g/mol. The van der Waals surface area contributed by atoms with Crippen molar-refractivity contribution in [2.45, 2.75) is 13.0 Å². The number of benzene rings is 2. The van der Waals surface area contributed by atoms with Crippen molar-refractivity contribution in [1.82, 2.24) is 4.98 Å². The van der Waals surface area contributed by atoms with Crippen LogP contribution in [-0.2, 0) is 9.53 Å². The first kappa shape index (κ1) is 17.8. The van der Waals surface area contributed by atoms with Gasteiger partial charge in [-0.3, -0.25) is 4.79 Å². The van der Waals surface area contributed by atoms with Crippen LogP contribution in [0.3, 0.4) is 0 Å².